The molecule has 4 aromatic carbocycles. The van der Waals surface area contributed by atoms with Crippen LogP contribution in [-0.4, -0.2) is 6.29 Å². The highest BCUT2D eigenvalue weighted by molar-refractivity contribution is 6.04. The van der Waals surface area contributed by atoms with Gasteiger partial charge in [0.2, 0.25) is 0 Å². The first-order chi connectivity index (χ1) is 13.8. The number of ether oxygens (including phenoxy) is 1. The smallest absolute Gasteiger partial charge is 0.178 e. The Balaban J connectivity index is 1.78. The number of hydrogen-bond donors (Lipinski definition) is 0. The van der Waals surface area contributed by atoms with Crippen LogP contribution in [0.15, 0.2) is 97.1 Å². The molecule has 0 saturated carbocycles. The minimum absolute atomic E-state index is 0.639. The Morgan fingerprint density at radius 2 is 1.29 bits per heavy atom. The van der Waals surface area contributed by atoms with Gasteiger partial charge >= 0.3 is 0 Å². The predicted molar refractivity (Wildman–Crippen MR) is 113 cm³/mol. The molecule has 2 nitrogen and oxygen atoms in total. The minimum Gasteiger partial charge on any atom is -0.473 e. The van der Waals surface area contributed by atoms with Gasteiger partial charge < -0.3 is 4.74 Å². The number of fused-ring (bicyclic) bond motifs is 3. The summed E-state index contributed by atoms with van der Waals surface area (Å²) in [4.78, 5) is 11.7. The molecule has 5 rings (SSSR count). The van der Waals surface area contributed by atoms with E-state index >= 15 is 0 Å². The third kappa shape index (κ3) is 2.46. The van der Waals surface area contributed by atoms with E-state index in [-0.39, 0.29) is 0 Å². The van der Waals surface area contributed by atoms with Crippen molar-refractivity contribution in [3.63, 3.8) is 0 Å². The van der Waals surface area contributed by atoms with E-state index in [4.69, 9.17) is 4.74 Å². The van der Waals surface area contributed by atoms with E-state index in [1.807, 2.05) is 66.7 Å². The lowest BCUT2D eigenvalue weighted by Gasteiger charge is -2.36. The molecule has 0 fully saturated rings. The van der Waals surface area contributed by atoms with Gasteiger partial charge in [0.1, 0.15) is 5.75 Å². The van der Waals surface area contributed by atoms with Crippen molar-refractivity contribution >= 4 is 23.1 Å². The van der Waals surface area contributed by atoms with Crippen molar-refractivity contribution < 1.29 is 9.53 Å². The molecule has 1 heterocycles. The highest BCUT2D eigenvalue weighted by Gasteiger charge is 2.37. The van der Waals surface area contributed by atoms with Crippen molar-refractivity contribution in [2.75, 3.05) is 0 Å². The first-order valence-corrected chi connectivity index (χ1v) is 9.32. The van der Waals surface area contributed by atoms with E-state index in [0.717, 1.165) is 39.5 Å². The lowest BCUT2D eigenvalue weighted by Crippen LogP contribution is -2.34. The number of aldehydes is 1. The molecule has 28 heavy (non-hydrogen) atoms. The summed E-state index contributed by atoms with van der Waals surface area (Å²) in [6.45, 7) is 0. The predicted octanol–water partition coefficient (Wildman–Crippen LogP) is 6.00. The summed E-state index contributed by atoms with van der Waals surface area (Å²) in [7, 11) is 0. The van der Waals surface area contributed by atoms with Crippen LogP contribution in [0.1, 0.15) is 27.0 Å². The Hall–Kier alpha value is -3.65. The second kappa shape index (κ2) is 6.50. The molecule has 0 spiro atoms. The van der Waals surface area contributed by atoms with Crippen LogP contribution in [0, 0.1) is 0 Å². The monoisotopic (exact) mass is 362 g/mol. The normalized spacial score (nSPS) is 14.3. The summed E-state index contributed by atoms with van der Waals surface area (Å²) >= 11 is 0. The maximum atomic E-state index is 11.7. The first-order valence-electron chi connectivity index (χ1n) is 9.32. The summed E-state index contributed by atoms with van der Waals surface area (Å²) in [5.41, 5.74) is 2.99. The Morgan fingerprint density at radius 1 is 0.714 bits per heavy atom. The van der Waals surface area contributed by atoms with Crippen LogP contribution in [0.5, 0.6) is 5.75 Å². The van der Waals surface area contributed by atoms with E-state index in [2.05, 4.69) is 36.4 Å². The third-order valence-electron chi connectivity index (χ3n) is 5.37. The van der Waals surface area contributed by atoms with E-state index in [1.165, 1.54) is 0 Å². The fourth-order valence-electron chi connectivity index (χ4n) is 4.01. The van der Waals surface area contributed by atoms with Gasteiger partial charge in [-0.05, 0) is 29.0 Å². The Morgan fingerprint density at radius 3 is 1.89 bits per heavy atom. The maximum absolute atomic E-state index is 11.7. The molecular weight excluding hydrogens is 344 g/mol. The highest BCUT2D eigenvalue weighted by Crippen LogP contribution is 2.44. The number of rotatable bonds is 3. The minimum atomic E-state index is -0.738. The molecule has 0 aliphatic carbocycles. The molecule has 0 atom stereocenters. The molecule has 0 saturated heterocycles. The van der Waals surface area contributed by atoms with Gasteiger partial charge in [-0.15, -0.1) is 0 Å². The summed E-state index contributed by atoms with van der Waals surface area (Å²) in [6, 6.07) is 30.2. The van der Waals surface area contributed by atoms with Crippen molar-refractivity contribution in [2.24, 2.45) is 0 Å². The fourth-order valence-corrected chi connectivity index (χ4v) is 4.01. The van der Waals surface area contributed by atoms with Crippen molar-refractivity contribution in [1.29, 1.82) is 0 Å². The molecule has 0 N–H and O–H groups in total. The third-order valence-corrected chi connectivity index (χ3v) is 5.37. The van der Waals surface area contributed by atoms with Crippen LogP contribution in [-0.2, 0) is 5.60 Å². The zero-order valence-corrected chi connectivity index (χ0v) is 15.2. The second-order valence-electron chi connectivity index (χ2n) is 6.94. The Kier molecular flexibility index (Phi) is 3.84. The van der Waals surface area contributed by atoms with Gasteiger partial charge in [0.25, 0.3) is 0 Å². The van der Waals surface area contributed by atoms with Gasteiger partial charge in [-0.25, -0.2) is 0 Å². The quantitative estimate of drug-likeness (QED) is 0.418. The van der Waals surface area contributed by atoms with Gasteiger partial charge in [0.05, 0.1) is 0 Å². The van der Waals surface area contributed by atoms with Crippen LogP contribution in [0.4, 0.5) is 0 Å². The van der Waals surface area contributed by atoms with Crippen LogP contribution >= 0.6 is 0 Å². The van der Waals surface area contributed by atoms with Gasteiger partial charge in [-0.3, -0.25) is 4.79 Å². The highest BCUT2D eigenvalue weighted by atomic mass is 16.5. The lowest BCUT2D eigenvalue weighted by molar-refractivity contribution is 0.112. The number of hydrogen-bond acceptors (Lipinski definition) is 2. The SMILES string of the molecule is O=Cc1cc2c(c3ccccc13)C=CC(c1ccccc1)(c1ccccc1)O2. The number of benzene rings is 4. The van der Waals surface area contributed by atoms with Crippen LogP contribution in [0.3, 0.4) is 0 Å². The van der Waals surface area contributed by atoms with E-state index < -0.39 is 5.60 Å². The molecule has 1 aliphatic rings. The van der Waals surface area contributed by atoms with E-state index in [0.29, 0.717) is 5.56 Å². The molecule has 134 valence electrons. The van der Waals surface area contributed by atoms with Crippen LogP contribution < -0.4 is 4.74 Å². The van der Waals surface area contributed by atoms with Crippen molar-refractivity contribution in [3.8, 4) is 5.75 Å². The van der Waals surface area contributed by atoms with E-state index in [9.17, 15) is 4.79 Å². The molecule has 0 radical (unpaired) electrons. The van der Waals surface area contributed by atoms with Gasteiger partial charge in [-0.1, -0.05) is 84.9 Å². The summed E-state index contributed by atoms with van der Waals surface area (Å²) in [5, 5.41) is 1.96. The topological polar surface area (TPSA) is 26.3 Å². The van der Waals surface area contributed by atoms with Gasteiger partial charge in [0.15, 0.2) is 11.9 Å². The molecule has 0 aromatic heterocycles. The molecule has 4 aromatic rings. The van der Waals surface area contributed by atoms with Crippen molar-refractivity contribution in [2.45, 2.75) is 5.60 Å². The average molecular weight is 362 g/mol. The lowest BCUT2D eigenvalue weighted by atomic mass is 9.83. The molecule has 0 bridgehead atoms. The van der Waals surface area contributed by atoms with Gasteiger partial charge in [-0.2, -0.15) is 0 Å². The number of carbonyl (C=O) groups excluding carboxylic acids is 1. The fraction of sp³-hybridized carbons (Fsp3) is 0.0385. The summed E-state index contributed by atoms with van der Waals surface area (Å²) in [5.74, 6) is 0.719. The van der Waals surface area contributed by atoms with E-state index in [1.54, 1.807) is 0 Å². The summed E-state index contributed by atoms with van der Waals surface area (Å²) in [6.07, 6.45) is 5.14. The van der Waals surface area contributed by atoms with Crippen molar-refractivity contribution in [3.05, 3.63) is 119 Å². The number of carbonyl (C=O) groups is 1. The van der Waals surface area contributed by atoms with Crippen LogP contribution in [0.25, 0.3) is 16.8 Å². The van der Waals surface area contributed by atoms with Gasteiger partial charge in [0, 0.05) is 22.3 Å². The average Bonchev–Trinajstić information content (AvgIpc) is 2.79. The standard InChI is InChI=1S/C26H18O2/c27-18-19-17-25-24(23-14-8-7-13-22(19)23)15-16-26(28-25,20-9-3-1-4-10-20)21-11-5-2-6-12-21/h1-18H. The zero-order chi connectivity index (χ0) is 19.0. The van der Waals surface area contributed by atoms with Crippen LogP contribution in [0.2, 0.25) is 0 Å². The largest absolute Gasteiger partial charge is 0.473 e. The molecule has 2 heteroatoms. The second-order valence-corrected chi connectivity index (χ2v) is 6.94. The molecule has 0 amide bonds. The molecular formula is C26H18O2. The molecule has 0 unspecified atom stereocenters. The Bertz CT molecular complexity index is 1150. The molecule has 1 aliphatic heterocycles. The zero-order valence-electron chi connectivity index (χ0n) is 15.2. The van der Waals surface area contributed by atoms with Crippen molar-refractivity contribution in [1.82, 2.24) is 0 Å². The first kappa shape index (κ1) is 16.5. The maximum Gasteiger partial charge on any atom is 0.178 e. The Labute approximate surface area is 163 Å². The summed E-state index contributed by atoms with van der Waals surface area (Å²) < 4.78 is 6.70.